The van der Waals surface area contributed by atoms with Gasteiger partial charge in [0, 0.05) is 44.2 Å². The van der Waals surface area contributed by atoms with Crippen molar-refractivity contribution in [2.75, 3.05) is 4.90 Å². The lowest BCUT2D eigenvalue weighted by molar-refractivity contribution is 0.663. The molecule has 0 saturated heterocycles. The normalized spacial score (nSPS) is 11.7. The summed E-state index contributed by atoms with van der Waals surface area (Å²) in [5.74, 6) is 0. The number of hydrogen-bond donors (Lipinski definition) is 0. The molecule has 0 aliphatic carbocycles. The molecule has 13 aromatic rings. The summed E-state index contributed by atoms with van der Waals surface area (Å²) in [6.45, 7) is 0. The van der Waals surface area contributed by atoms with E-state index < -0.39 is 0 Å². The molecule has 11 aromatic carbocycles. The predicted octanol–water partition coefficient (Wildman–Crippen LogP) is 17.9. The smallest absolute Gasteiger partial charge is 0.143 e. The Labute approximate surface area is 375 Å². The highest BCUT2D eigenvalue weighted by molar-refractivity contribution is 6.30. The molecule has 0 saturated carbocycles. The molecule has 65 heavy (non-hydrogen) atoms. The van der Waals surface area contributed by atoms with Crippen LogP contribution in [-0.2, 0) is 0 Å². The van der Waals surface area contributed by atoms with Crippen molar-refractivity contribution >= 4 is 82.5 Å². The van der Waals surface area contributed by atoms with Gasteiger partial charge in [-0.1, -0.05) is 170 Å². The first-order valence-corrected chi connectivity index (χ1v) is 22.2. The van der Waals surface area contributed by atoms with Crippen molar-refractivity contribution < 1.29 is 8.83 Å². The fourth-order valence-electron chi connectivity index (χ4n) is 10.0. The quantitative estimate of drug-likeness (QED) is 0.150. The maximum absolute atomic E-state index is 7.09. The molecule has 3 heteroatoms. The van der Waals surface area contributed by atoms with Gasteiger partial charge in [0.2, 0.25) is 0 Å². The highest BCUT2D eigenvalue weighted by Crippen LogP contribution is 2.48. The zero-order chi connectivity index (χ0) is 42.8. The molecule has 0 fully saturated rings. The van der Waals surface area contributed by atoms with Gasteiger partial charge in [-0.15, -0.1) is 0 Å². The third-order valence-corrected chi connectivity index (χ3v) is 13.1. The van der Waals surface area contributed by atoms with Crippen LogP contribution in [-0.4, -0.2) is 0 Å². The zero-order valence-electron chi connectivity index (χ0n) is 35.3. The molecular weight excluding hydrogens is 791 g/mol. The number of nitrogens with zero attached hydrogens (tertiary/aromatic N) is 1. The van der Waals surface area contributed by atoms with Gasteiger partial charge in [0.25, 0.3) is 0 Å². The lowest BCUT2D eigenvalue weighted by Gasteiger charge is -2.26. The number of para-hydroxylation sites is 1. The molecule has 13 rings (SSSR count). The Kier molecular flexibility index (Phi) is 8.53. The summed E-state index contributed by atoms with van der Waals surface area (Å²) in [5.41, 5.74) is 15.8. The minimum atomic E-state index is 0.832. The molecule has 0 radical (unpaired) electrons. The molecule has 2 heterocycles. The van der Waals surface area contributed by atoms with Crippen LogP contribution >= 0.6 is 0 Å². The molecule has 2 aromatic heterocycles. The average molecular weight is 830 g/mol. The van der Waals surface area contributed by atoms with Gasteiger partial charge in [-0.05, 0) is 127 Å². The minimum Gasteiger partial charge on any atom is -0.456 e. The van der Waals surface area contributed by atoms with Crippen molar-refractivity contribution in [2.24, 2.45) is 0 Å². The monoisotopic (exact) mass is 829 g/mol. The number of hydrogen-bond acceptors (Lipinski definition) is 3. The van der Waals surface area contributed by atoms with Gasteiger partial charge >= 0.3 is 0 Å². The summed E-state index contributed by atoms with van der Waals surface area (Å²) in [6.07, 6.45) is 0. The second kappa shape index (κ2) is 15.0. The molecule has 3 nitrogen and oxygen atoms in total. The van der Waals surface area contributed by atoms with E-state index in [0.29, 0.717) is 0 Å². The third-order valence-electron chi connectivity index (χ3n) is 13.1. The van der Waals surface area contributed by atoms with E-state index in [9.17, 15) is 0 Å². The number of rotatable bonds is 7. The minimum absolute atomic E-state index is 0.832. The van der Waals surface area contributed by atoms with E-state index in [2.05, 4.69) is 223 Å². The van der Waals surface area contributed by atoms with E-state index in [4.69, 9.17) is 8.83 Å². The van der Waals surface area contributed by atoms with E-state index in [1.54, 1.807) is 0 Å². The van der Waals surface area contributed by atoms with Crippen LogP contribution in [0.4, 0.5) is 17.1 Å². The van der Waals surface area contributed by atoms with Crippen molar-refractivity contribution in [1.82, 2.24) is 0 Å². The molecular formula is C62H39NO2. The van der Waals surface area contributed by atoms with E-state index >= 15 is 0 Å². The Morgan fingerprint density at radius 3 is 1.37 bits per heavy atom. The van der Waals surface area contributed by atoms with Gasteiger partial charge in [-0.2, -0.15) is 0 Å². The predicted molar refractivity (Wildman–Crippen MR) is 272 cm³/mol. The fourth-order valence-corrected chi connectivity index (χ4v) is 10.0. The van der Waals surface area contributed by atoms with E-state index in [-0.39, 0.29) is 0 Å². The van der Waals surface area contributed by atoms with Gasteiger partial charge < -0.3 is 13.7 Å². The van der Waals surface area contributed by atoms with Crippen molar-refractivity contribution in [3.8, 4) is 44.5 Å². The summed E-state index contributed by atoms with van der Waals surface area (Å²) >= 11 is 0. The lowest BCUT2D eigenvalue weighted by atomic mass is 9.89. The van der Waals surface area contributed by atoms with Crippen LogP contribution in [0.2, 0.25) is 0 Å². The van der Waals surface area contributed by atoms with Crippen LogP contribution in [0.15, 0.2) is 245 Å². The molecule has 0 bridgehead atoms. The Morgan fingerprint density at radius 2 is 0.738 bits per heavy atom. The molecule has 0 aliphatic rings. The molecule has 0 unspecified atom stereocenters. The van der Waals surface area contributed by atoms with Gasteiger partial charge in [0.05, 0.1) is 0 Å². The Morgan fingerprint density at radius 1 is 0.262 bits per heavy atom. The van der Waals surface area contributed by atoms with Crippen LogP contribution in [0.5, 0.6) is 0 Å². The molecule has 0 spiro atoms. The van der Waals surface area contributed by atoms with Gasteiger partial charge in [-0.25, -0.2) is 0 Å². The maximum atomic E-state index is 7.09. The lowest BCUT2D eigenvalue weighted by Crippen LogP contribution is -2.09. The molecule has 0 N–H and O–H groups in total. The zero-order valence-corrected chi connectivity index (χ0v) is 35.3. The van der Waals surface area contributed by atoms with Crippen LogP contribution in [0, 0.1) is 0 Å². The number of furan rings is 2. The highest BCUT2D eigenvalue weighted by Gasteiger charge is 2.23. The largest absolute Gasteiger partial charge is 0.456 e. The van der Waals surface area contributed by atoms with Gasteiger partial charge in [0.15, 0.2) is 0 Å². The fraction of sp³-hybridized carbons (Fsp3) is 0. The number of anilines is 3. The van der Waals surface area contributed by atoms with Crippen LogP contribution < -0.4 is 4.90 Å². The average Bonchev–Trinajstić information content (AvgIpc) is 3.96. The van der Waals surface area contributed by atoms with Crippen LogP contribution in [0.25, 0.3) is 110 Å². The van der Waals surface area contributed by atoms with Crippen molar-refractivity contribution in [1.29, 1.82) is 0 Å². The third kappa shape index (κ3) is 6.12. The second-order valence-corrected chi connectivity index (χ2v) is 16.8. The van der Waals surface area contributed by atoms with Crippen molar-refractivity contribution in [2.45, 2.75) is 0 Å². The summed E-state index contributed by atoms with van der Waals surface area (Å²) in [6, 6.07) is 84.5. The maximum Gasteiger partial charge on any atom is 0.143 e. The second-order valence-electron chi connectivity index (χ2n) is 16.8. The highest BCUT2D eigenvalue weighted by atomic mass is 16.3. The van der Waals surface area contributed by atoms with E-state index in [0.717, 1.165) is 77.6 Å². The van der Waals surface area contributed by atoms with Gasteiger partial charge in [-0.3, -0.25) is 0 Å². The van der Waals surface area contributed by atoms with Gasteiger partial charge in [0.1, 0.15) is 22.3 Å². The first-order valence-electron chi connectivity index (χ1n) is 22.2. The standard InChI is InChI=1S/C62H39NO2/c1-3-13-40(14-4-1)42-23-29-46(30-24-42)63(47-31-25-43(26-32-47)41-15-5-2-6-16-41)48-33-27-44(28-34-48)50-35-36-53(55-39-45-17-7-8-18-49(45)51-19-9-10-20-52(51)55)60-61-58(65-62(50)60)38-37-57-59(61)54-21-11-12-22-56(54)64-57/h1-39H. The Hall–Kier alpha value is -8.66. The van der Waals surface area contributed by atoms with E-state index in [1.807, 2.05) is 18.2 Å². The topological polar surface area (TPSA) is 29.5 Å². The molecule has 0 atom stereocenters. The van der Waals surface area contributed by atoms with Crippen molar-refractivity contribution in [3.63, 3.8) is 0 Å². The van der Waals surface area contributed by atoms with Crippen molar-refractivity contribution in [3.05, 3.63) is 237 Å². The first-order chi connectivity index (χ1) is 32.2. The summed E-state index contributed by atoms with van der Waals surface area (Å²) < 4.78 is 13.6. The first kappa shape index (κ1) is 36.9. The SMILES string of the molecule is c1ccc(-c2ccc(N(c3ccc(-c4ccccc4)cc3)c3ccc(-c4ccc(-c5cc6ccccc6c6ccccc56)c5c4oc4ccc6oc7ccccc7c6c45)cc3)cc2)cc1. The Balaban J connectivity index is 0.994. The summed E-state index contributed by atoms with van der Waals surface area (Å²) in [5, 5.41) is 9.18. The summed E-state index contributed by atoms with van der Waals surface area (Å²) in [4.78, 5) is 2.33. The van der Waals surface area contributed by atoms with Crippen LogP contribution in [0.1, 0.15) is 0 Å². The molecule has 304 valence electrons. The van der Waals surface area contributed by atoms with E-state index in [1.165, 1.54) is 49.4 Å². The Bertz CT molecular complexity index is 3820. The van der Waals surface area contributed by atoms with Crippen LogP contribution in [0.3, 0.4) is 0 Å². The number of fused-ring (bicyclic) bond motifs is 10. The summed E-state index contributed by atoms with van der Waals surface area (Å²) in [7, 11) is 0. The molecule has 0 amide bonds. The number of benzene rings is 11. The molecule has 0 aliphatic heterocycles.